The summed E-state index contributed by atoms with van der Waals surface area (Å²) in [7, 11) is -3.98. The zero-order valence-corrected chi connectivity index (χ0v) is 20.0. The first kappa shape index (κ1) is 24.7. The van der Waals surface area contributed by atoms with Crippen LogP contribution in [0.25, 0.3) is 0 Å². The molecule has 7 nitrogen and oxygen atoms in total. The van der Waals surface area contributed by atoms with Crippen LogP contribution in [0, 0.1) is 13.8 Å². The Morgan fingerprint density at radius 2 is 1.76 bits per heavy atom. The minimum absolute atomic E-state index is 0.103. The van der Waals surface area contributed by atoms with Crippen LogP contribution >= 0.6 is 0 Å². The molecule has 1 amide bonds. The fraction of sp³-hybridized carbons (Fsp3) is 0.154. The Kier molecular flexibility index (Phi) is 8.21. The molecule has 34 heavy (non-hydrogen) atoms. The zero-order chi connectivity index (χ0) is 24.6. The molecule has 0 saturated carbocycles. The summed E-state index contributed by atoms with van der Waals surface area (Å²) in [5, 5.41) is 3.97. The first-order valence-electron chi connectivity index (χ1n) is 10.6. The van der Waals surface area contributed by atoms with Gasteiger partial charge >= 0.3 is 0 Å². The Morgan fingerprint density at radius 3 is 2.44 bits per heavy atom. The van der Waals surface area contributed by atoms with E-state index >= 15 is 0 Å². The van der Waals surface area contributed by atoms with E-state index in [1.165, 1.54) is 18.3 Å². The summed E-state index contributed by atoms with van der Waals surface area (Å²) in [6, 6.07) is 20.6. The number of aryl methyl sites for hydroxylation is 2. The molecule has 0 radical (unpaired) electrons. The lowest BCUT2D eigenvalue weighted by Gasteiger charge is -2.25. The highest BCUT2D eigenvalue weighted by Crippen LogP contribution is 2.27. The topological polar surface area (TPSA) is 88.1 Å². The normalized spacial score (nSPS) is 11.2. The molecule has 0 bridgehead atoms. The van der Waals surface area contributed by atoms with Gasteiger partial charge in [0, 0.05) is 0 Å². The number of nitrogens with one attached hydrogen (secondary N) is 1. The number of sulfonamides is 1. The Morgan fingerprint density at radius 1 is 1.06 bits per heavy atom. The van der Waals surface area contributed by atoms with Gasteiger partial charge in [0.15, 0.2) is 0 Å². The van der Waals surface area contributed by atoms with E-state index < -0.39 is 22.5 Å². The molecule has 3 aromatic carbocycles. The largest absolute Gasteiger partial charge is 0.490 e. The number of carbonyl (C=O) groups is 1. The maximum Gasteiger partial charge on any atom is 0.264 e. The molecule has 0 aromatic heterocycles. The summed E-state index contributed by atoms with van der Waals surface area (Å²) in [4.78, 5) is 12.8. The van der Waals surface area contributed by atoms with E-state index in [0.717, 1.165) is 21.0 Å². The standard InChI is InChI=1S/C26H27N3O4S/c1-4-16-33-23-14-12-22(13-15-23)18-27-28-26(30)19-29(25-17-20(2)10-11-21(25)3)34(31,32)24-8-6-5-7-9-24/h4-15,17-18H,1,16,19H2,2-3H3,(H,28,30)/b27-18+. The first-order chi connectivity index (χ1) is 16.3. The molecule has 0 fully saturated rings. The van der Waals surface area contributed by atoms with E-state index in [9.17, 15) is 13.2 Å². The van der Waals surface area contributed by atoms with Crippen LogP contribution in [0.2, 0.25) is 0 Å². The van der Waals surface area contributed by atoms with Crippen molar-refractivity contribution in [2.45, 2.75) is 18.7 Å². The van der Waals surface area contributed by atoms with Gasteiger partial charge in [-0.05, 0) is 73.0 Å². The Balaban J connectivity index is 1.78. The number of hydrogen-bond acceptors (Lipinski definition) is 5. The predicted octanol–water partition coefficient (Wildman–Crippen LogP) is 4.21. The summed E-state index contributed by atoms with van der Waals surface area (Å²) in [5.74, 6) is 0.124. The zero-order valence-electron chi connectivity index (χ0n) is 19.1. The molecule has 8 heteroatoms. The maximum atomic E-state index is 13.4. The van der Waals surface area contributed by atoms with E-state index in [4.69, 9.17) is 4.74 Å². The Hall–Kier alpha value is -3.91. The van der Waals surface area contributed by atoms with Gasteiger partial charge in [0.2, 0.25) is 0 Å². The molecule has 0 atom stereocenters. The average molecular weight is 478 g/mol. The molecule has 0 aliphatic rings. The molecule has 0 unspecified atom stereocenters. The van der Waals surface area contributed by atoms with Crippen molar-refractivity contribution in [1.29, 1.82) is 0 Å². The van der Waals surface area contributed by atoms with Crippen LogP contribution in [0.5, 0.6) is 5.75 Å². The van der Waals surface area contributed by atoms with Gasteiger partial charge < -0.3 is 4.74 Å². The van der Waals surface area contributed by atoms with Crippen molar-refractivity contribution >= 4 is 27.8 Å². The van der Waals surface area contributed by atoms with Crippen molar-refractivity contribution in [2.75, 3.05) is 17.5 Å². The third-order valence-corrected chi connectivity index (χ3v) is 6.68. The third-order valence-electron chi connectivity index (χ3n) is 4.90. The fourth-order valence-corrected chi connectivity index (χ4v) is 4.66. The van der Waals surface area contributed by atoms with Crippen molar-refractivity contribution in [3.05, 3.63) is 102 Å². The lowest BCUT2D eigenvalue weighted by Crippen LogP contribution is -2.40. The summed E-state index contributed by atoms with van der Waals surface area (Å²) >= 11 is 0. The van der Waals surface area contributed by atoms with Gasteiger partial charge in [-0.2, -0.15) is 5.10 Å². The van der Waals surface area contributed by atoms with Crippen molar-refractivity contribution in [3.63, 3.8) is 0 Å². The second-order valence-electron chi connectivity index (χ2n) is 7.58. The summed E-state index contributed by atoms with van der Waals surface area (Å²) in [6.45, 7) is 7.27. The number of hydrazone groups is 1. The van der Waals surface area contributed by atoms with Crippen LogP contribution in [0.4, 0.5) is 5.69 Å². The number of carbonyl (C=O) groups excluding carboxylic acids is 1. The predicted molar refractivity (Wildman–Crippen MR) is 135 cm³/mol. The lowest BCUT2D eigenvalue weighted by molar-refractivity contribution is -0.119. The Labute approximate surface area is 200 Å². The summed E-state index contributed by atoms with van der Waals surface area (Å²) < 4.78 is 33.4. The number of hydrogen-bond donors (Lipinski definition) is 1. The second kappa shape index (κ2) is 11.3. The number of anilines is 1. The van der Waals surface area contributed by atoms with Gasteiger partial charge in [-0.1, -0.05) is 43.0 Å². The third kappa shape index (κ3) is 6.32. The molecule has 0 spiro atoms. The molecule has 1 N–H and O–H groups in total. The van der Waals surface area contributed by atoms with Gasteiger partial charge in [0.1, 0.15) is 18.9 Å². The second-order valence-corrected chi connectivity index (χ2v) is 9.44. The lowest BCUT2D eigenvalue weighted by atomic mass is 10.1. The van der Waals surface area contributed by atoms with Crippen LogP contribution in [0.1, 0.15) is 16.7 Å². The summed E-state index contributed by atoms with van der Waals surface area (Å²) in [6.07, 6.45) is 3.13. The SMILES string of the molecule is C=CCOc1ccc(/C=N/NC(=O)CN(c2cc(C)ccc2C)S(=O)(=O)c2ccccc2)cc1. The Bertz CT molecular complexity index is 1270. The van der Waals surface area contributed by atoms with Crippen molar-refractivity contribution in [3.8, 4) is 5.75 Å². The first-order valence-corrected chi connectivity index (χ1v) is 12.1. The molecule has 3 rings (SSSR count). The molecular weight excluding hydrogens is 450 g/mol. The highest BCUT2D eigenvalue weighted by atomic mass is 32.2. The number of ether oxygens (including phenoxy) is 1. The van der Waals surface area contributed by atoms with Crippen LogP contribution in [0.15, 0.2) is 95.4 Å². The highest BCUT2D eigenvalue weighted by Gasteiger charge is 2.28. The summed E-state index contributed by atoms with van der Waals surface area (Å²) in [5.41, 5.74) is 5.22. The van der Waals surface area contributed by atoms with E-state index in [1.807, 2.05) is 19.1 Å². The van der Waals surface area contributed by atoms with Crippen LogP contribution in [-0.4, -0.2) is 33.7 Å². The minimum atomic E-state index is -3.98. The van der Waals surface area contributed by atoms with Crippen LogP contribution in [0.3, 0.4) is 0 Å². The molecule has 176 valence electrons. The van der Waals surface area contributed by atoms with Gasteiger partial charge in [-0.25, -0.2) is 13.8 Å². The average Bonchev–Trinajstić information content (AvgIpc) is 2.84. The van der Waals surface area contributed by atoms with E-state index in [2.05, 4.69) is 17.1 Å². The minimum Gasteiger partial charge on any atom is -0.490 e. The van der Waals surface area contributed by atoms with Gasteiger partial charge in [-0.15, -0.1) is 0 Å². The van der Waals surface area contributed by atoms with Crippen molar-refractivity contribution < 1.29 is 17.9 Å². The quantitative estimate of drug-likeness (QED) is 0.269. The van der Waals surface area contributed by atoms with E-state index in [1.54, 1.807) is 61.5 Å². The number of amides is 1. The van der Waals surface area contributed by atoms with Crippen LogP contribution < -0.4 is 14.5 Å². The molecule has 3 aromatic rings. The van der Waals surface area contributed by atoms with Gasteiger partial charge in [-0.3, -0.25) is 9.10 Å². The van der Waals surface area contributed by atoms with E-state index in [0.29, 0.717) is 18.0 Å². The van der Waals surface area contributed by atoms with Gasteiger partial charge in [0.25, 0.3) is 15.9 Å². The molecular formula is C26H27N3O4S. The smallest absolute Gasteiger partial charge is 0.264 e. The number of rotatable bonds is 10. The highest BCUT2D eigenvalue weighted by molar-refractivity contribution is 7.92. The molecule has 0 heterocycles. The van der Waals surface area contributed by atoms with E-state index in [-0.39, 0.29) is 4.90 Å². The van der Waals surface area contributed by atoms with Crippen molar-refractivity contribution in [1.82, 2.24) is 5.43 Å². The molecule has 0 aliphatic heterocycles. The molecule has 0 saturated heterocycles. The monoisotopic (exact) mass is 477 g/mol. The van der Waals surface area contributed by atoms with Gasteiger partial charge in [0.05, 0.1) is 16.8 Å². The van der Waals surface area contributed by atoms with Crippen molar-refractivity contribution in [2.24, 2.45) is 5.10 Å². The fourth-order valence-electron chi connectivity index (χ4n) is 3.16. The maximum absolute atomic E-state index is 13.4. The molecule has 0 aliphatic carbocycles. The number of nitrogens with zero attached hydrogens (tertiary/aromatic N) is 2. The van der Waals surface area contributed by atoms with Crippen LogP contribution in [-0.2, 0) is 14.8 Å². The number of benzene rings is 3.